The van der Waals surface area contributed by atoms with Crippen molar-refractivity contribution in [1.29, 1.82) is 0 Å². The van der Waals surface area contributed by atoms with Crippen LogP contribution in [0, 0.1) is 5.92 Å². The number of primary amides is 1. The molecular weight excluding hydrogens is 160 g/mol. The first-order valence-corrected chi connectivity index (χ1v) is 3.87. The summed E-state index contributed by atoms with van der Waals surface area (Å²) in [6, 6.07) is 0. The second-order valence-corrected chi connectivity index (χ2v) is 2.84. The highest BCUT2D eigenvalue weighted by Crippen LogP contribution is 2.12. The summed E-state index contributed by atoms with van der Waals surface area (Å²) < 4.78 is 4.59. The zero-order valence-corrected chi connectivity index (χ0v) is 6.71. The summed E-state index contributed by atoms with van der Waals surface area (Å²) in [5.41, 5.74) is 4.78. The largest absolute Gasteiger partial charge is 0.449 e. The molecule has 0 aromatic rings. The Morgan fingerprint density at radius 2 is 2.50 bits per heavy atom. The van der Waals surface area contributed by atoms with Gasteiger partial charge in [0.05, 0.1) is 6.61 Å². The molecule has 0 aromatic heterocycles. The number of ether oxygens (including phenoxy) is 1. The molecule has 1 fully saturated rings. The lowest BCUT2D eigenvalue weighted by atomic mass is 9.99. The summed E-state index contributed by atoms with van der Waals surface area (Å²) in [6.07, 6.45) is 0.493. The van der Waals surface area contributed by atoms with Gasteiger partial charge in [-0.25, -0.2) is 4.79 Å². The summed E-state index contributed by atoms with van der Waals surface area (Å²) in [4.78, 5) is 21.1. The topological polar surface area (TPSA) is 81.4 Å². The Balaban J connectivity index is 2.23. The average Bonchev–Trinajstić information content (AvgIpc) is 2.01. The van der Waals surface area contributed by atoms with E-state index in [1.54, 1.807) is 0 Å². The lowest BCUT2D eigenvalue weighted by molar-refractivity contribution is -0.123. The highest BCUT2D eigenvalue weighted by Gasteiger charge is 2.19. The molecule has 1 unspecified atom stereocenters. The van der Waals surface area contributed by atoms with E-state index in [9.17, 15) is 9.59 Å². The summed E-state index contributed by atoms with van der Waals surface area (Å²) in [6.45, 7) is 0.911. The van der Waals surface area contributed by atoms with Crippen molar-refractivity contribution in [3.05, 3.63) is 0 Å². The molecule has 5 nitrogen and oxygen atoms in total. The first kappa shape index (κ1) is 8.83. The summed E-state index contributed by atoms with van der Waals surface area (Å²) in [7, 11) is 0. The Bertz CT molecular complexity index is 193. The van der Waals surface area contributed by atoms with E-state index < -0.39 is 6.09 Å². The SMILES string of the molecule is NC(=O)OCC1CCNC(=O)C1. The summed E-state index contributed by atoms with van der Waals surface area (Å²) in [5.74, 6) is 0.144. The fourth-order valence-electron chi connectivity index (χ4n) is 1.19. The third-order valence-corrected chi connectivity index (χ3v) is 1.81. The minimum Gasteiger partial charge on any atom is -0.449 e. The number of carbonyl (C=O) groups is 2. The van der Waals surface area contributed by atoms with E-state index in [-0.39, 0.29) is 18.4 Å². The van der Waals surface area contributed by atoms with Gasteiger partial charge in [0, 0.05) is 18.9 Å². The van der Waals surface area contributed by atoms with E-state index in [0.29, 0.717) is 13.0 Å². The Hall–Kier alpha value is -1.26. The van der Waals surface area contributed by atoms with Crippen molar-refractivity contribution in [2.24, 2.45) is 11.7 Å². The lowest BCUT2D eigenvalue weighted by Crippen LogP contribution is -2.35. The number of piperidine rings is 1. The first-order chi connectivity index (χ1) is 5.68. The van der Waals surface area contributed by atoms with Crippen LogP contribution in [0.25, 0.3) is 0 Å². The third-order valence-electron chi connectivity index (χ3n) is 1.81. The summed E-state index contributed by atoms with van der Waals surface area (Å²) >= 11 is 0. The molecular formula is C7H12N2O3. The van der Waals surface area contributed by atoms with E-state index in [2.05, 4.69) is 10.1 Å². The molecule has 1 atom stereocenters. The fraction of sp³-hybridized carbons (Fsp3) is 0.714. The fourth-order valence-corrected chi connectivity index (χ4v) is 1.19. The van der Waals surface area contributed by atoms with Crippen LogP contribution in [0.15, 0.2) is 0 Å². The highest BCUT2D eigenvalue weighted by molar-refractivity contribution is 5.76. The molecule has 12 heavy (non-hydrogen) atoms. The minimum absolute atomic E-state index is 0.0133. The third kappa shape index (κ3) is 2.77. The maximum atomic E-state index is 10.8. The molecule has 5 heteroatoms. The molecule has 0 saturated carbocycles. The van der Waals surface area contributed by atoms with Crippen molar-refractivity contribution in [1.82, 2.24) is 5.32 Å². The van der Waals surface area contributed by atoms with Crippen molar-refractivity contribution in [2.75, 3.05) is 13.2 Å². The monoisotopic (exact) mass is 172 g/mol. The van der Waals surface area contributed by atoms with E-state index in [4.69, 9.17) is 5.73 Å². The second kappa shape index (κ2) is 3.94. The number of amides is 2. The standard InChI is InChI=1S/C7H12N2O3/c8-7(11)12-4-5-1-2-9-6(10)3-5/h5H,1-4H2,(H2,8,11)(H,9,10). The zero-order chi connectivity index (χ0) is 8.97. The maximum Gasteiger partial charge on any atom is 0.404 e. The smallest absolute Gasteiger partial charge is 0.404 e. The highest BCUT2D eigenvalue weighted by atomic mass is 16.5. The van der Waals surface area contributed by atoms with Crippen LogP contribution >= 0.6 is 0 Å². The quantitative estimate of drug-likeness (QED) is 0.595. The lowest BCUT2D eigenvalue weighted by Gasteiger charge is -2.20. The molecule has 0 spiro atoms. The van der Waals surface area contributed by atoms with Crippen LogP contribution in [0.2, 0.25) is 0 Å². The predicted molar refractivity (Wildman–Crippen MR) is 41.3 cm³/mol. The first-order valence-electron chi connectivity index (χ1n) is 3.87. The average molecular weight is 172 g/mol. The molecule has 0 bridgehead atoms. The Kier molecular flexibility index (Phi) is 2.90. The molecule has 68 valence electrons. The molecule has 0 aromatic carbocycles. The molecule has 0 aliphatic carbocycles. The molecule has 3 N–H and O–H groups in total. The zero-order valence-electron chi connectivity index (χ0n) is 6.71. The van der Waals surface area contributed by atoms with E-state index >= 15 is 0 Å². The van der Waals surface area contributed by atoms with Crippen molar-refractivity contribution in [3.63, 3.8) is 0 Å². The predicted octanol–water partition coefficient (Wildman–Crippen LogP) is -0.392. The van der Waals surface area contributed by atoms with Crippen LogP contribution in [-0.2, 0) is 9.53 Å². The van der Waals surface area contributed by atoms with Gasteiger partial charge >= 0.3 is 6.09 Å². The Morgan fingerprint density at radius 3 is 3.08 bits per heavy atom. The van der Waals surface area contributed by atoms with Gasteiger partial charge in [0.1, 0.15) is 0 Å². The van der Waals surface area contributed by atoms with Gasteiger partial charge in [0.2, 0.25) is 5.91 Å². The normalized spacial score (nSPS) is 23.0. The number of nitrogens with one attached hydrogen (secondary N) is 1. The van der Waals surface area contributed by atoms with Crippen molar-refractivity contribution in [3.8, 4) is 0 Å². The van der Waals surface area contributed by atoms with Crippen LogP contribution in [0.1, 0.15) is 12.8 Å². The molecule has 2 amide bonds. The number of hydrogen-bond donors (Lipinski definition) is 2. The number of rotatable bonds is 2. The number of hydrogen-bond acceptors (Lipinski definition) is 3. The van der Waals surface area contributed by atoms with E-state index in [0.717, 1.165) is 6.42 Å². The van der Waals surface area contributed by atoms with E-state index in [1.165, 1.54) is 0 Å². The van der Waals surface area contributed by atoms with Crippen molar-refractivity contribution >= 4 is 12.0 Å². The van der Waals surface area contributed by atoms with Gasteiger partial charge in [0.15, 0.2) is 0 Å². The Labute approximate surface area is 70.2 Å². The van der Waals surface area contributed by atoms with E-state index in [1.807, 2.05) is 0 Å². The van der Waals surface area contributed by atoms with Crippen LogP contribution in [0.5, 0.6) is 0 Å². The van der Waals surface area contributed by atoms with Gasteiger partial charge in [-0.15, -0.1) is 0 Å². The maximum absolute atomic E-state index is 10.8. The van der Waals surface area contributed by atoms with Gasteiger partial charge in [-0.05, 0) is 6.42 Å². The van der Waals surface area contributed by atoms with Gasteiger partial charge < -0.3 is 15.8 Å². The van der Waals surface area contributed by atoms with Crippen LogP contribution in [-0.4, -0.2) is 25.2 Å². The molecule has 1 aliphatic rings. The molecule has 1 heterocycles. The van der Waals surface area contributed by atoms with Gasteiger partial charge in [0.25, 0.3) is 0 Å². The van der Waals surface area contributed by atoms with Gasteiger partial charge in [-0.3, -0.25) is 4.79 Å². The van der Waals surface area contributed by atoms with Crippen LogP contribution < -0.4 is 11.1 Å². The van der Waals surface area contributed by atoms with Crippen molar-refractivity contribution in [2.45, 2.75) is 12.8 Å². The molecule has 0 radical (unpaired) electrons. The molecule has 1 aliphatic heterocycles. The van der Waals surface area contributed by atoms with Gasteiger partial charge in [-0.1, -0.05) is 0 Å². The minimum atomic E-state index is -0.777. The second-order valence-electron chi connectivity index (χ2n) is 2.84. The van der Waals surface area contributed by atoms with Crippen LogP contribution in [0.3, 0.4) is 0 Å². The Morgan fingerprint density at radius 1 is 1.75 bits per heavy atom. The van der Waals surface area contributed by atoms with Gasteiger partial charge in [-0.2, -0.15) is 0 Å². The molecule has 1 rings (SSSR count). The van der Waals surface area contributed by atoms with Crippen LogP contribution in [0.4, 0.5) is 4.79 Å². The number of carbonyl (C=O) groups excluding carboxylic acids is 2. The van der Waals surface area contributed by atoms with Crippen molar-refractivity contribution < 1.29 is 14.3 Å². The molecule has 1 saturated heterocycles. The summed E-state index contributed by atoms with van der Waals surface area (Å²) in [5, 5.41) is 2.69. The number of nitrogens with two attached hydrogens (primary N) is 1.